The lowest BCUT2D eigenvalue weighted by molar-refractivity contribution is -0.119. The number of allylic oxidation sites excluding steroid dienone is 4. The van der Waals surface area contributed by atoms with Gasteiger partial charge in [0.1, 0.15) is 5.75 Å². The zero-order chi connectivity index (χ0) is 26.9. The number of ketones is 2. The summed E-state index contributed by atoms with van der Waals surface area (Å²) in [6.07, 6.45) is 2.20. The quantitative estimate of drug-likeness (QED) is 0.353. The molecule has 5 rings (SSSR count). The number of carbonyl (C=O) groups excluding carboxylic acids is 2. The van der Waals surface area contributed by atoms with Gasteiger partial charge in [-0.1, -0.05) is 66.8 Å². The third-order valence-electron chi connectivity index (χ3n) is 7.57. The van der Waals surface area contributed by atoms with Crippen LogP contribution in [0, 0.1) is 10.8 Å². The molecule has 0 unspecified atom stereocenters. The summed E-state index contributed by atoms with van der Waals surface area (Å²) in [6.45, 7) is 8.49. The van der Waals surface area contributed by atoms with Gasteiger partial charge < -0.3 is 9.64 Å². The van der Waals surface area contributed by atoms with Crippen LogP contribution in [0.1, 0.15) is 64.9 Å². The highest BCUT2D eigenvalue weighted by atomic mass is 79.9. The number of ether oxygens (including phenoxy) is 1. The molecule has 2 aromatic carbocycles. The van der Waals surface area contributed by atoms with Crippen LogP contribution in [0.4, 0.5) is 5.69 Å². The van der Waals surface area contributed by atoms with Gasteiger partial charge in [-0.2, -0.15) is 0 Å². The van der Waals surface area contributed by atoms with Gasteiger partial charge in [0.15, 0.2) is 11.6 Å². The number of nitrogens with zero attached hydrogens (tertiary/aromatic N) is 1. The summed E-state index contributed by atoms with van der Waals surface area (Å²) in [4.78, 5) is 30.1. The van der Waals surface area contributed by atoms with Crippen LogP contribution in [-0.2, 0) is 9.59 Å². The van der Waals surface area contributed by atoms with Gasteiger partial charge >= 0.3 is 0 Å². The maximum atomic E-state index is 14.0. The number of hydrogen-bond donors (Lipinski definition) is 0. The smallest absolute Gasteiger partial charge is 0.162 e. The van der Waals surface area contributed by atoms with Crippen LogP contribution in [0.5, 0.6) is 5.75 Å². The summed E-state index contributed by atoms with van der Waals surface area (Å²) < 4.78 is 6.64. The molecule has 0 saturated heterocycles. The molecular weight excluding hydrogens is 573 g/mol. The van der Waals surface area contributed by atoms with Crippen molar-refractivity contribution in [3.8, 4) is 5.75 Å². The molecule has 1 aliphatic heterocycles. The normalized spacial score (nSPS) is 21.2. The third-order valence-corrected chi connectivity index (χ3v) is 8.81. The first-order valence-electron chi connectivity index (χ1n) is 12.4. The second-order valence-corrected chi connectivity index (χ2v) is 13.6. The fourth-order valence-corrected chi connectivity index (χ4v) is 6.81. The molecule has 0 spiro atoms. The summed E-state index contributed by atoms with van der Waals surface area (Å²) in [6, 6.07) is 11.3. The number of carbonyl (C=O) groups is 2. The highest BCUT2D eigenvalue weighted by molar-refractivity contribution is 9.10. The summed E-state index contributed by atoms with van der Waals surface area (Å²) in [7, 11) is 1.62. The Morgan fingerprint density at radius 2 is 1.41 bits per heavy atom. The maximum absolute atomic E-state index is 14.0. The molecule has 194 valence electrons. The Hall–Kier alpha value is -2.08. The van der Waals surface area contributed by atoms with Gasteiger partial charge in [-0.05, 0) is 60.1 Å². The minimum absolute atomic E-state index is 0.0625. The molecule has 4 nitrogen and oxygen atoms in total. The molecule has 1 heterocycles. The maximum Gasteiger partial charge on any atom is 0.162 e. The Bertz CT molecular complexity index is 1350. The Balaban J connectivity index is 1.87. The lowest BCUT2D eigenvalue weighted by Gasteiger charge is -2.49. The van der Waals surface area contributed by atoms with Crippen molar-refractivity contribution in [2.45, 2.75) is 59.3 Å². The first kappa shape index (κ1) is 26.5. The van der Waals surface area contributed by atoms with Gasteiger partial charge in [-0.15, -0.1) is 0 Å². The molecule has 0 aromatic heterocycles. The number of anilines is 1. The number of hydrogen-bond acceptors (Lipinski definition) is 4. The molecule has 0 saturated carbocycles. The molecule has 2 aliphatic carbocycles. The third kappa shape index (κ3) is 4.68. The summed E-state index contributed by atoms with van der Waals surface area (Å²) in [5.41, 5.74) is 4.37. The van der Waals surface area contributed by atoms with Crippen LogP contribution in [0.15, 0.2) is 63.4 Å². The molecule has 0 N–H and O–H groups in total. The van der Waals surface area contributed by atoms with Crippen molar-refractivity contribution in [2.24, 2.45) is 10.8 Å². The molecule has 0 radical (unpaired) electrons. The number of rotatable bonds is 3. The van der Waals surface area contributed by atoms with Crippen molar-refractivity contribution >= 4 is 56.4 Å². The second kappa shape index (κ2) is 9.29. The van der Waals surface area contributed by atoms with E-state index in [1.54, 1.807) is 13.2 Å². The van der Waals surface area contributed by atoms with Crippen LogP contribution in [-0.4, -0.2) is 18.7 Å². The fourth-order valence-electron chi connectivity index (χ4n) is 6.14. The lowest BCUT2D eigenvalue weighted by atomic mass is 9.63. The van der Waals surface area contributed by atoms with E-state index in [9.17, 15) is 9.59 Å². The van der Waals surface area contributed by atoms with E-state index in [0.717, 1.165) is 27.1 Å². The van der Waals surface area contributed by atoms with Crippen molar-refractivity contribution in [2.75, 3.05) is 12.0 Å². The molecule has 7 heteroatoms. The van der Waals surface area contributed by atoms with Crippen LogP contribution >= 0.6 is 39.1 Å². The van der Waals surface area contributed by atoms with E-state index in [4.69, 9.17) is 27.9 Å². The van der Waals surface area contributed by atoms with Gasteiger partial charge in [0.05, 0.1) is 17.2 Å². The summed E-state index contributed by atoms with van der Waals surface area (Å²) in [5.74, 6) is 0.286. The van der Waals surface area contributed by atoms with Crippen LogP contribution in [0.3, 0.4) is 0 Å². The van der Waals surface area contributed by atoms with Crippen LogP contribution < -0.4 is 9.64 Å². The molecule has 0 amide bonds. The van der Waals surface area contributed by atoms with Crippen molar-refractivity contribution in [3.05, 3.63) is 79.0 Å². The van der Waals surface area contributed by atoms with Crippen LogP contribution in [0.25, 0.3) is 0 Å². The fraction of sp³-hybridized carbons (Fsp3) is 0.400. The van der Waals surface area contributed by atoms with Gasteiger partial charge in [0.25, 0.3) is 0 Å². The topological polar surface area (TPSA) is 46.6 Å². The molecule has 0 atom stereocenters. The zero-order valence-corrected chi connectivity index (χ0v) is 24.8. The lowest BCUT2D eigenvalue weighted by Crippen LogP contribution is -2.44. The summed E-state index contributed by atoms with van der Waals surface area (Å²) >= 11 is 16.4. The monoisotopic (exact) mass is 601 g/mol. The first-order chi connectivity index (χ1) is 17.3. The Morgan fingerprint density at radius 3 is 1.92 bits per heavy atom. The van der Waals surface area contributed by atoms with E-state index in [1.165, 1.54) is 0 Å². The number of benzene rings is 2. The molecule has 3 aliphatic rings. The van der Waals surface area contributed by atoms with Gasteiger partial charge in [0, 0.05) is 57.0 Å². The average Bonchev–Trinajstić information content (AvgIpc) is 2.78. The number of halogens is 3. The number of Topliss-reactive ketones (excluding diaryl/α,β-unsaturated/α-hetero) is 2. The van der Waals surface area contributed by atoms with Gasteiger partial charge in [-0.25, -0.2) is 0 Å². The Labute approximate surface area is 236 Å². The van der Waals surface area contributed by atoms with E-state index in [-0.39, 0.29) is 22.4 Å². The predicted molar refractivity (Wildman–Crippen MR) is 152 cm³/mol. The Kier molecular flexibility index (Phi) is 6.66. The minimum atomic E-state index is -0.497. The van der Waals surface area contributed by atoms with Gasteiger partial charge in [0.2, 0.25) is 0 Å². The molecule has 37 heavy (non-hydrogen) atoms. The highest BCUT2D eigenvalue weighted by Gasteiger charge is 2.50. The highest BCUT2D eigenvalue weighted by Crippen LogP contribution is 2.56. The minimum Gasteiger partial charge on any atom is -0.496 e. The van der Waals surface area contributed by atoms with Gasteiger partial charge in [-0.3, -0.25) is 9.59 Å². The Morgan fingerprint density at radius 1 is 0.838 bits per heavy atom. The van der Waals surface area contributed by atoms with E-state index in [2.05, 4.69) is 48.5 Å². The van der Waals surface area contributed by atoms with Crippen molar-refractivity contribution in [1.29, 1.82) is 0 Å². The molecule has 0 bridgehead atoms. The number of methoxy groups -OCH3 is 1. The largest absolute Gasteiger partial charge is 0.496 e. The van der Waals surface area contributed by atoms with E-state index >= 15 is 0 Å². The van der Waals surface area contributed by atoms with E-state index in [1.807, 2.05) is 30.3 Å². The van der Waals surface area contributed by atoms with E-state index < -0.39 is 5.92 Å². The molecule has 2 aromatic rings. The van der Waals surface area contributed by atoms with Crippen molar-refractivity contribution in [3.63, 3.8) is 0 Å². The molecule has 0 fully saturated rings. The average molecular weight is 603 g/mol. The predicted octanol–water partition coefficient (Wildman–Crippen LogP) is 8.65. The molecular formula is C30H30BrCl2NO3. The standard InChI is InChI=1S/C30H30BrCl2NO3/c1-29(2)12-21-27(23(35)14-29)26(18-10-16(31)6-9-25(18)37-5)28-22(13-30(3,4)15-24(28)36)34(21)17-7-8-19(32)20(33)11-17/h6-11,26H,12-15H2,1-5H3. The van der Waals surface area contributed by atoms with E-state index in [0.29, 0.717) is 52.6 Å². The zero-order valence-electron chi connectivity index (χ0n) is 21.7. The van der Waals surface area contributed by atoms with Crippen molar-refractivity contribution in [1.82, 2.24) is 0 Å². The SMILES string of the molecule is COc1ccc(Br)cc1C1C2=C(CC(C)(C)CC2=O)N(c2ccc(Cl)c(Cl)c2)C2=C1C(=O)CC(C)(C)C2. The van der Waals surface area contributed by atoms with Crippen molar-refractivity contribution < 1.29 is 14.3 Å². The second-order valence-electron chi connectivity index (χ2n) is 11.9. The first-order valence-corrected chi connectivity index (χ1v) is 14.0. The summed E-state index contributed by atoms with van der Waals surface area (Å²) in [5, 5.41) is 0.893. The van der Waals surface area contributed by atoms with Crippen LogP contribution in [0.2, 0.25) is 10.0 Å².